The predicted octanol–water partition coefficient (Wildman–Crippen LogP) is 5.03. The van der Waals surface area contributed by atoms with Gasteiger partial charge in [0.1, 0.15) is 11.2 Å². The van der Waals surface area contributed by atoms with Crippen LogP contribution in [0, 0.1) is 0 Å². The number of aromatic nitrogens is 2. The monoisotopic (exact) mass is 529 g/mol. The van der Waals surface area contributed by atoms with Gasteiger partial charge < -0.3 is 19.5 Å². The molecule has 0 bridgehead atoms. The molecule has 2 aromatic heterocycles. The van der Waals surface area contributed by atoms with Gasteiger partial charge in [0, 0.05) is 25.5 Å². The number of aliphatic hydroxyl groups excluding tert-OH is 1. The number of ether oxygens (including phenoxy) is 2. The molecule has 0 saturated carbocycles. The summed E-state index contributed by atoms with van der Waals surface area (Å²) in [6.45, 7) is 14.3. The molecule has 210 valence electrons. The summed E-state index contributed by atoms with van der Waals surface area (Å²) in [7, 11) is 0. The normalized spacial score (nSPS) is 13.8. The molecule has 3 rings (SSSR count). The molecule has 38 heavy (non-hydrogen) atoms. The van der Waals surface area contributed by atoms with Crippen LogP contribution in [-0.4, -0.2) is 69.6 Å². The van der Waals surface area contributed by atoms with Gasteiger partial charge in [0.2, 0.25) is 0 Å². The van der Waals surface area contributed by atoms with E-state index in [0.29, 0.717) is 12.1 Å². The Morgan fingerprint density at radius 3 is 1.71 bits per heavy atom. The molecule has 1 fully saturated rings. The molecule has 2 amide bonds. The summed E-state index contributed by atoms with van der Waals surface area (Å²) in [6.07, 6.45) is 9.60. The molecule has 0 radical (unpaired) electrons. The minimum Gasteiger partial charge on any atom is -0.444 e. The molecule has 2 aromatic rings. The van der Waals surface area contributed by atoms with Gasteiger partial charge in [-0.25, -0.2) is 9.59 Å². The zero-order valence-corrected chi connectivity index (χ0v) is 23.5. The first-order valence-electron chi connectivity index (χ1n) is 13.1. The highest BCUT2D eigenvalue weighted by atomic mass is 16.6. The highest BCUT2D eigenvalue weighted by molar-refractivity contribution is 5.86. The maximum Gasteiger partial charge on any atom is 0.412 e. The minimum atomic E-state index is -0.538. The summed E-state index contributed by atoms with van der Waals surface area (Å²) < 4.78 is 10.4. The van der Waals surface area contributed by atoms with Crippen LogP contribution in [0.2, 0.25) is 0 Å². The molecular formula is C28H43N5O5. The van der Waals surface area contributed by atoms with Crippen molar-refractivity contribution in [2.24, 2.45) is 0 Å². The number of carbonyl (C=O) groups is 2. The Morgan fingerprint density at radius 1 is 0.842 bits per heavy atom. The van der Waals surface area contributed by atoms with Crippen molar-refractivity contribution in [2.75, 3.05) is 36.9 Å². The first-order chi connectivity index (χ1) is 17.9. The number of anilines is 2. The van der Waals surface area contributed by atoms with E-state index in [1.54, 1.807) is 45.4 Å². The van der Waals surface area contributed by atoms with Crippen LogP contribution in [0.1, 0.15) is 65.5 Å². The van der Waals surface area contributed by atoms with E-state index in [-0.39, 0.29) is 6.61 Å². The van der Waals surface area contributed by atoms with E-state index >= 15 is 0 Å². The van der Waals surface area contributed by atoms with Crippen LogP contribution in [0.15, 0.2) is 36.9 Å². The topological polar surface area (TPSA) is 126 Å². The van der Waals surface area contributed by atoms with Crippen LogP contribution in [0.4, 0.5) is 21.0 Å². The summed E-state index contributed by atoms with van der Waals surface area (Å²) in [4.78, 5) is 33.9. The third-order valence-corrected chi connectivity index (χ3v) is 5.37. The fourth-order valence-electron chi connectivity index (χ4n) is 3.74. The van der Waals surface area contributed by atoms with Crippen molar-refractivity contribution in [3.8, 4) is 0 Å². The van der Waals surface area contributed by atoms with Crippen molar-refractivity contribution in [3.05, 3.63) is 48.0 Å². The van der Waals surface area contributed by atoms with Crippen molar-refractivity contribution >= 4 is 23.6 Å². The number of carbonyl (C=O) groups excluding carboxylic acids is 2. The maximum absolute atomic E-state index is 11.9. The lowest BCUT2D eigenvalue weighted by molar-refractivity contribution is 0.0624. The maximum atomic E-state index is 11.9. The summed E-state index contributed by atoms with van der Waals surface area (Å²) in [5, 5.41) is 14.3. The largest absolute Gasteiger partial charge is 0.444 e. The smallest absolute Gasteiger partial charge is 0.412 e. The number of pyridine rings is 2. The lowest BCUT2D eigenvalue weighted by Crippen LogP contribution is -2.28. The number of hydrogen-bond acceptors (Lipinski definition) is 8. The Morgan fingerprint density at radius 2 is 1.29 bits per heavy atom. The van der Waals surface area contributed by atoms with E-state index < -0.39 is 23.4 Å². The first kappa shape index (κ1) is 31.0. The van der Waals surface area contributed by atoms with E-state index in [9.17, 15) is 9.59 Å². The first-order valence-corrected chi connectivity index (χ1v) is 13.1. The quantitative estimate of drug-likeness (QED) is 0.456. The number of hydrogen-bond donors (Lipinski definition) is 3. The van der Waals surface area contributed by atoms with Crippen LogP contribution in [0.5, 0.6) is 0 Å². The van der Waals surface area contributed by atoms with E-state index in [0.717, 1.165) is 29.8 Å². The third-order valence-electron chi connectivity index (χ3n) is 5.37. The van der Waals surface area contributed by atoms with Crippen molar-refractivity contribution in [3.63, 3.8) is 0 Å². The highest BCUT2D eigenvalue weighted by Gasteiger charge is 2.19. The Hall–Kier alpha value is -3.24. The Bertz CT molecular complexity index is 1030. The van der Waals surface area contributed by atoms with Gasteiger partial charge in [-0.15, -0.1) is 0 Å². The number of likely N-dealkylation sites (tertiary alicyclic amines) is 1. The summed E-state index contributed by atoms with van der Waals surface area (Å²) in [5.41, 5.74) is 2.20. The van der Waals surface area contributed by atoms with Crippen molar-refractivity contribution in [1.82, 2.24) is 14.9 Å². The zero-order chi connectivity index (χ0) is 28.2. The Balaban J connectivity index is 0.000000273. The average Bonchev–Trinajstić information content (AvgIpc) is 3.32. The van der Waals surface area contributed by atoms with Crippen molar-refractivity contribution < 1.29 is 24.2 Å². The zero-order valence-electron chi connectivity index (χ0n) is 23.5. The van der Waals surface area contributed by atoms with Gasteiger partial charge >= 0.3 is 12.2 Å². The molecule has 10 nitrogen and oxygen atoms in total. The Kier molecular flexibility index (Phi) is 11.9. The molecule has 3 heterocycles. The number of rotatable bonds is 7. The van der Waals surface area contributed by atoms with E-state index in [1.165, 1.54) is 32.1 Å². The van der Waals surface area contributed by atoms with Crippen LogP contribution in [-0.2, 0) is 22.3 Å². The number of aliphatic hydroxyl groups is 1. The van der Waals surface area contributed by atoms with Gasteiger partial charge in [0.25, 0.3) is 0 Å². The molecule has 0 atom stereocenters. The molecule has 0 aliphatic carbocycles. The van der Waals surface area contributed by atoms with Gasteiger partial charge in [-0.3, -0.25) is 20.6 Å². The van der Waals surface area contributed by atoms with E-state index in [2.05, 4.69) is 25.5 Å². The second kappa shape index (κ2) is 14.6. The molecule has 1 aliphatic heterocycles. The number of nitrogens with zero attached hydrogens (tertiary/aromatic N) is 3. The molecule has 3 N–H and O–H groups in total. The molecule has 1 aliphatic rings. The van der Waals surface area contributed by atoms with Crippen LogP contribution in [0.25, 0.3) is 0 Å². The fourth-order valence-corrected chi connectivity index (χ4v) is 3.74. The van der Waals surface area contributed by atoms with Crippen LogP contribution in [0.3, 0.4) is 0 Å². The lowest BCUT2D eigenvalue weighted by atomic mass is 10.1. The van der Waals surface area contributed by atoms with Gasteiger partial charge in [-0.05, 0) is 104 Å². The van der Waals surface area contributed by atoms with Crippen LogP contribution < -0.4 is 10.6 Å². The van der Waals surface area contributed by atoms with Gasteiger partial charge in [-0.2, -0.15) is 0 Å². The minimum absolute atomic E-state index is 0.0208. The van der Waals surface area contributed by atoms with Gasteiger partial charge in [0.05, 0.1) is 23.8 Å². The summed E-state index contributed by atoms with van der Waals surface area (Å²) in [6, 6.07) is 3.71. The summed E-state index contributed by atoms with van der Waals surface area (Å²) >= 11 is 0. The molecular weight excluding hydrogens is 486 g/mol. The van der Waals surface area contributed by atoms with E-state index in [1.807, 2.05) is 26.8 Å². The molecule has 0 spiro atoms. The SMILES string of the molecule is CC(C)(C)OC(=O)Nc1cnccc1CCN1CCCC1.CC(C)(C)OC(=O)Nc1cnccc1CCO. The standard InChI is InChI=1S/C16H25N3O2.C12H18N2O3/c1-16(2,3)21-15(20)18-14-12-17-8-6-13(14)7-11-19-9-4-5-10-19;1-12(2,3)17-11(16)14-10-8-13-6-4-9(10)5-7-15/h6,8,12H,4-5,7,9-11H2,1-3H3,(H,18,20);4,6,8,15H,5,7H2,1-3H3,(H,14,16). The highest BCUT2D eigenvalue weighted by Crippen LogP contribution is 2.18. The lowest BCUT2D eigenvalue weighted by Gasteiger charge is -2.20. The predicted molar refractivity (Wildman–Crippen MR) is 148 cm³/mol. The Labute approximate surface area is 226 Å². The van der Waals surface area contributed by atoms with E-state index in [4.69, 9.17) is 14.6 Å². The molecule has 1 saturated heterocycles. The van der Waals surface area contributed by atoms with Crippen LogP contribution >= 0.6 is 0 Å². The van der Waals surface area contributed by atoms with Crippen molar-refractivity contribution in [1.29, 1.82) is 0 Å². The average molecular weight is 530 g/mol. The third kappa shape index (κ3) is 12.3. The van der Waals surface area contributed by atoms with Gasteiger partial charge in [0.15, 0.2) is 0 Å². The van der Waals surface area contributed by atoms with Crippen molar-refractivity contribution in [2.45, 2.75) is 78.4 Å². The molecule has 0 unspecified atom stereocenters. The van der Waals surface area contributed by atoms with Gasteiger partial charge in [-0.1, -0.05) is 0 Å². The second-order valence-corrected chi connectivity index (χ2v) is 11.1. The summed E-state index contributed by atoms with van der Waals surface area (Å²) in [5.74, 6) is 0. The second-order valence-electron chi connectivity index (χ2n) is 11.1. The number of nitrogens with one attached hydrogen (secondary N) is 2. The molecule has 0 aromatic carbocycles. The molecule has 10 heteroatoms. The fraction of sp³-hybridized carbons (Fsp3) is 0.571. The number of amides is 2.